The summed E-state index contributed by atoms with van der Waals surface area (Å²) in [4.78, 5) is 2.27. The fourth-order valence-electron chi connectivity index (χ4n) is 3.04. The van der Waals surface area contributed by atoms with E-state index in [1.54, 1.807) is 0 Å². The predicted octanol–water partition coefficient (Wildman–Crippen LogP) is 2.35. The van der Waals surface area contributed by atoms with Crippen molar-refractivity contribution in [2.24, 2.45) is 0 Å². The molecule has 128 valence electrons. The van der Waals surface area contributed by atoms with E-state index in [9.17, 15) is 9.50 Å². The molecule has 0 radical (unpaired) electrons. The fraction of sp³-hybridized carbons (Fsp3) is 0.667. The van der Waals surface area contributed by atoms with Gasteiger partial charge in [0.15, 0.2) is 0 Å². The van der Waals surface area contributed by atoms with Crippen molar-refractivity contribution in [2.45, 2.75) is 50.5 Å². The number of aliphatic hydroxyl groups is 1. The summed E-state index contributed by atoms with van der Waals surface area (Å²) in [5, 5.41) is 10.2. The van der Waals surface area contributed by atoms with Crippen molar-refractivity contribution in [3.05, 3.63) is 35.6 Å². The van der Waals surface area contributed by atoms with E-state index in [2.05, 4.69) is 4.90 Å². The number of halogens is 1. The molecule has 5 heteroatoms. The van der Waals surface area contributed by atoms with Crippen LogP contribution in [-0.2, 0) is 16.0 Å². The van der Waals surface area contributed by atoms with Gasteiger partial charge in [-0.3, -0.25) is 4.90 Å². The highest BCUT2D eigenvalue weighted by molar-refractivity contribution is 5.16. The Morgan fingerprint density at radius 1 is 1.26 bits per heavy atom. The molecule has 1 saturated carbocycles. The van der Waals surface area contributed by atoms with E-state index in [-0.39, 0.29) is 11.9 Å². The van der Waals surface area contributed by atoms with Gasteiger partial charge in [-0.15, -0.1) is 0 Å². The van der Waals surface area contributed by atoms with Crippen LogP contribution in [0.15, 0.2) is 24.3 Å². The number of benzene rings is 1. The molecular weight excluding hydrogens is 297 g/mol. The highest BCUT2D eigenvalue weighted by Gasteiger charge is 2.30. The van der Waals surface area contributed by atoms with Crippen LogP contribution >= 0.6 is 0 Å². The molecule has 1 aliphatic heterocycles. The molecule has 2 fully saturated rings. The van der Waals surface area contributed by atoms with Gasteiger partial charge in [-0.2, -0.15) is 0 Å². The van der Waals surface area contributed by atoms with E-state index in [1.165, 1.54) is 25.0 Å². The molecule has 1 heterocycles. The molecular formula is C18H26FNO3. The quantitative estimate of drug-likeness (QED) is 0.757. The molecule has 1 aliphatic carbocycles. The first-order valence-electron chi connectivity index (χ1n) is 8.56. The Kier molecular flexibility index (Phi) is 6.00. The van der Waals surface area contributed by atoms with Gasteiger partial charge in [0.05, 0.1) is 25.4 Å². The molecule has 1 N–H and O–H groups in total. The minimum absolute atomic E-state index is 0.195. The maximum Gasteiger partial charge on any atom is 0.123 e. The lowest BCUT2D eigenvalue weighted by Gasteiger charge is -2.25. The average molecular weight is 323 g/mol. The van der Waals surface area contributed by atoms with Gasteiger partial charge >= 0.3 is 0 Å². The highest BCUT2D eigenvalue weighted by atomic mass is 19.1. The summed E-state index contributed by atoms with van der Waals surface area (Å²) < 4.78 is 24.1. The molecule has 0 aromatic heterocycles. The Labute approximate surface area is 137 Å². The molecule has 1 aromatic rings. The van der Waals surface area contributed by atoms with Crippen LogP contribution in [0.3, 0.4) is 0 Å². The summed E-state index contributed by atoms with van der Waals surface area (Å²) in [6, 6.07) is 7.13. The summed E-state index contributed by atoms with van der Waals surface area (Å²) >= 11 is 0. The average Bonchev–Trinajstić information content (AvgIpc) is 3.26. The molecule has 1 aromatic carbocycles. The number of rotatable bonds is 9. The van der Waals surface area contributed by atoms with Crippen LogP contribution in [0, 0.1) is 5.82 Å². The first kappa shape index (κ1) is 16.8. The fourth-order valence-corrected chi connectivity index (χ4v) is 3.04. The molecule has 4 nitrogen and oxygen atoms in total. The van der Waals surface area contributed by atoms with Gasteiger partial charge in [-0.1, -0.05) is 12.1 Å². The summed E-state index contributed by atoms with van der Waals surface area (Å²) in [6.45, 7) is 3.07. The van der Waals surface area contributed by atoms with Crippen LogP contribution in [0.4, 0.5) is 4.39 Å². The zero-order chi connectivity index (χ0) is 16.1. The normalized spacial score (nSPS) is 22.7. The summed E-state index contributed by atoms with van der Waals surface area (Å²) in [5.74, 6) is -0.214. The van der Waals surface area contributed by atoms with E-state index in [1.807, 2.05) is 12.1 Å². The van der Waals surface area contributed by atoms with Gasteiger partial charge in [0.1, 0.15) is 5.82 Å². The van der Waals surface area contributed by atoms with Crippen LogP contribution in [0.1, 0.15) is 31.2 Å². The minimum Gasteiger partial charge on any atom is -0.389 e. The number of hydrogen-bond acceptors (Lipinski definition) is 4. The maximum absolute atomic E-state index is 13.0. The van der Waals surface area contributed by atoms with E-state index < -0.39 is 6.10 Å². The molecule has 2 aliphatic rings. The molecule has 2 unspecified atom stereocenters. The van der Waals surface area contributed by atoms with Crippen LogP contribution in [0.25, 0.3) is 0 Å². The Balaban J connectivity index is 1.42. The van der Waals surface area contributed by atoms with Crippen molar-refractivity contribution < 1.29 is 19.0 Å². The monoisotopic (exact) mass is 323 g/mol. The zero-order valence-electron chi connectivity index (χ0n) is 13.5. The van der Waals surface area contributed by atoms with Gasteiger partial charge in [-0.25, -0.2) is 4.39 Å². The molecule has 23 heavy (non-hydrogen) atoms. The third-order valence-electron chi connectivity index (χ3n) is 4.45. The van der Waals surface area contributed by atoms with E-state index >= 15 is 0 Å². The first-order valence-corrected chi connectivity index (χ1v) is 8.56. The van der Waals surface area contributed by atoms with Crippen molar-refractivity contribution in [1.82, 2.24) is 4.90 Å². The van der Waals surface area contributed by atoms with E-state index in [4.69, 9.17) is 9.47 Å². The molecule has 0 amide bonds. The number of ether oxygens (including phenoxy) is 2. The summed E-state index contributed by atoms with van der Waals surface area (Å²) in [6.07, 6.45) is 4.19. The van der Waals surface area contributed by atoms with Crippen molar-refractivity contribution in [3.8, 4) is 0 Å². The van der Waals surface area contributed by atoms with Gasteiger partial charge < -0.3 is 14.6 Å². The Morgan fingerprint density at radius 2 is 2.04 bits per heavy atom. The van der Waals surface area contributed by atoms with Crippen molar-refractivity contribution in [1.29, 1.82) is 0 Å². The Hall–Kier alpha value is -1.01. The lowest BCUT2D eigenvalue weighted by Crippen LogP contribution is -2.36. The minimum atomic E-state index is -0.502. The summed E-state index contributed by atoms with van der Waals surface area (Å²) in [7, 11) is 0. The van der Waals surface area contributed by atoms with Crippen molar-refractivity contribution in [3.63, 3.8) is 0 Å². The Bertz CT molecular complexity index is 472. The SMILES string of the molecule is OC(COCC1CCCO1)CN(Cc1ccc(F)cc1)C1CC1. The summed E-state index contributed by atoms with van der Waals surface area (Å²) in [5.41, 5.74) is 1.07. The van der Waals surface area contributed by atoms with Crippen LogP contribution in [-0.4, -0.2) is 54.6 Å². The third kappa shape index (κ3) is 5.53. The zero-order valence-corrected chi connectivity index (χ0v) is 13.5. The number of nitrogens with zero attached hydrogens (tertiary/aromatic N) is 1. The van der Waals surface area contributed by atoms with Gasteiger partial charge in [0, 0.05) is 25.7 Å². The van der Waals surface area contributed by atoms with Crippen molar-refractivity contribution in [2.75, 3.05) is 26.4 Å². The van der Waals surface area contributed by atoms with Crippen LogP contribution < -0.4 is 0 Å². The van der Waals surface area contributed by atoms with E-state index in [0.29, 0.717) is 25.8 Å². The number of aliphatic hydroxyl groups excluding tert-OH is 1. The largest absolute Gasteiger partial charge is 0.389 e. The van der Waals surface area contributed by atoms with Crippen LogP contribution in [0.2, 0.25) is 0 Å². The van der Waals surface area contributed by atoms with Gasteiger partial charge in [-0.05, 0) is 43.4 Å². The predicted molar refractivity (Wildman–Crippen MR) is 85.6 cm³/mol. The second-order valence-electron chi connectivity index (χ2n) is 6.61. The smallest absolute Gasteiger partial charge is 0.123 e. The topological polar surface area (TPSA) is 41.9 Å². The van der Waals surface area contributed by atoms with E-state index in [0.717, 1.165) is 31.6 Å². The highest BCUT2D eigenvalue weighted by Crippen LogP contribution is 2.28. The first-order chi connectivity index (χ1) is 11.2. The molecule has 0 spiro atoms. The lowest BCUT2D eigenvalue weighted by molar-refractivity contribution is -0.0265. The molecule has 0 bridgehead atoms. The maximum atomic E-state index is 13.0. The second-order valence-corrected chi connectivity index (χ2v) is 6.61. The van der Waals surface area contributed by atoms with Crippen LogP contribution in [0.5, 0.6) is 0 Å². The number of hydrogen-bond donors (Lipinski definition) is 1. The standard InChI is InChI=1S/C18H26FNO3/c19-15-5-3-14(4-6-15)10-20(16-7-8-16)11-17(21)12-22-13-18-2-1-9-23-18/h3-6,16-18,21H,1-2,7-13H2. The molecule has 3 rings (SSSR count). The Morgan fingerprint density at radius 3 is 2.70 bits per heavy atom. The van der Waals surface area contributed by atoms with Gasteiger partial charge in [0.25, 0.3) is 0 Å². The van der Waals surface area contributed by atoms with Crippen molar-refractivity contribution >= 4 is 0 Å². The molecule has 2 atom stereocenters. The third-order valence-corrected chi connectivity index (χ3v) is 4.45. The van der Waals surface area contributed by atoms with Gasteiger partial charge in [0.2, 0.25) is 0 Å². The lowest BCUT2D eigenvalue weighted by atomic mass is 10.2. The molecule has 1 saturated heterocycles. The second kappa shape index (κ2) is 8.20.